The summed E-state index contributed by atoms with van der Waals surface area (Å²) >= 11 is 0. The first-order chi connectivity index (χ1) is 12.3. The van der Waals surface area contributed by atoms with Crippen molar-refractivity contribution in [1.29, 1.82) is 0 Å². The van der Waals surface area contributed by atoms with Crippen molar-refractivity contribution >= 4 is 15.7 Å². The Kier molecular flexibility index (Phi) is 5.38. The Morgan fingerprint density at radius 1 is 1.23 bits per heavy atom. The lowest BCUT2D eigenvalue weighted by atomic mass is 9.76. The highest BCUT2D eigenvalue weighted by Gasteiger charge is 2.36. The fourth-order valence-corrected chi connectivity index (χ4v) is 3.79. The molecule has 0 spiro atoms. The van der Waals surface area contributed by atoms with Crippen molar-refractivity contribution in [1.82, 2.24) is 10.3 Å². The number of benzene rings is 1. The minimum atomic E-state index is -3.25. The number of pyridine rings is 1. The van der Waals surface area contributed by atoms with E-state index in [2.05, 4.69) is 10.3 Å². The second-order valence-electron chi connectivity index (χ2n) is 6.78. The molecule has 1 amide bonds. The number of nitrogens with zero attached hydrogens (tertiary/aromatic N) is 1. The Morgan fingerprint density at radius 3 is 2.46 bits per heavy atom. The molecule has 0 saturated heterocycles. The quantitative estimate of drug-likeness (QED) is 0.802. The maximum Gasteiger partial charge on any atom is 0.224 e. The SMILES string of the molecule is CS(=O)(=O)c1ccc(CC(=O)N[C@@H](c2ccccn2)C2CC(O)C2)cc1. The van der Waals surface area contributed by atoms with Crippen LogP contribution < -0.4 is 5.32 Å². The zero-order valence-corrected chi connectivity index (χ0v) is 15.3. The van der Waals surface area contributed by atoms with E-state index in [9.17, 15) is 18.3 Å². The van der Waals surface area contributed by atoms with Gasteiger partial charge in [0.15, 0.2) is 9.84 Å². The van der Waals surface area contributed by atoms with Crippen LogP contribution in [0.15, 0.2) is 53.6 Å². The molecule has 2 N–H and O–H groups in total. The maximum atomic E-state index is 12.5. The number of rotatable bonds is 6. The fraction of sp³-hybridized carbons (Fsp3) is 0.368. The molecule has 0 radical (unpaired) electrons. The molecular formula is C19H22N2O4S. The Balaban J connectivity index is 1.68. The molecule has 138 valence electrons. The molecule has 1 aromatic carbocycles. The first-order valence-electron chi connectivity index (χ1n) is 8.50. The van der Waals surface area contributed by atoms with Crippen LogP contribution in [-0.2, 0) is 21.1 Å². The van der Waals surface area contributed by atoms with Gasteiger partial charge in [-0.25, -0.2) is 8.42 Å². The van der Waals surface area contributed by atoms with Crippen LogP contribution in [0.4, 0.5) is 0 Å². The van der Waals surface area contributed by atoms with Crippen molar-refractivity contribution in [3.63, 3.8) is 0 Å². The minimum absolute atomic E-state index is 0.155. The average molecular weight is 374 g/mol. The van der Waals surface area contributed by atoms with Crippen molar-refractivity contribution in [2.75, 3.05) is 6.26 Å². The Hall–Kier alpha value is -2.25. The summed E-state index contributed by atoms with van der Waals surface area (Å²) in [7, 11) is -3.25. The highest BCUT2D eigenvalue weighted by molar-refractivity contribution is 7.90. The van der Waals surface area contributed by atoms with Crippen LogP contribution in [0.2, 0.25) is 0 Å². The molecule has 1 saturated carbocycles. The molecule has 0 unspecified atom stereocenters. The molecule has 2 aromatic rings. The summed E-state index contributed by atoms with van der Waals surface area (Å²) in [5.41, 5.74) is 1.52. The smallest absolute Gasteiger partial charge is 0.224 e. The number of nitrogens with one attached hydrogen (secondary N) is 1. The van der Waals surface area contributed by atoms with E-state index in [4.69, 9.17) is 0 Å². The molecule has 1 aliphatic carbocycles. The molecule has 0 bridgehead atoms. The van der Waals surface area contributed by atoms with Crippen LogP contribution in [-0.4, -0.2) is 36.8 Å². The van der Waals surface area contributed by atoms with Crippen LogP contribution in [0.1, 0.15) is 30.1 Å². The zero-order valence-electron chi connectivity index (χ0n) is 14.5. The third kappa shape index (κ3) is 4.47. The molecule has 1 aliphatic rings. The molecule has 3 rings (SSSR count). The van der Waals surface area contributed by atoms with Gasteiger partial charge in [0.05, 0.1) is 29.2 Å². The van der Waals surface area contributed by atoms with Gasteiger partial charge in [0, 0.05) is 12.5 Å². The summed E-state index contributed by atoms with van der Waals surface area (Å²) in [6.45, 7) is 0. The highest BCUT2D eigenvalue weighted by atomic mass is 32.2. The second kappa shape index (κ2) is 7.55. The summed E-state index contributed by atoms with van der Waals surface area (Å²) < 4.78 is 23.0. The van der Waals surface area contributed by atoms with Gasteiger partial charge in [-0.05, 0) is 48.6 Å². The molecule has 0 aliphatic heterocycles. The van der Waals surface area contributed by atoms with E-state index in [-0.39, 0.29) is 35.3 Å². The van der Waals surface area contributed by atoms with Crippen LogP contribution >= 0.6 is 0 Å². The van der Waals surface area contributed by atoms with Gasteiger partial charge in [0.2, 0.25) is 5.91 Å². The van der Waals surface area contributed by atoms with Gasteiger partial charge in [-0.1, -0.05) is 18.2 Å². The van der Waals surface area contributed by atoms with Crippen LogP contribution in [0.25, 0.3) is 0 Å². The van der Waals surface area contributed by atoms with E-state index in [1.165, 1.54) is 12.1 Å². The van der Waals surface area contributed by atoms with Crippen LogP contribution in [0.3, 0.4) is 0 Å². The van der Waals surface area contributed by atoms with E-state index < -0.39 is 9.84 Å². The highest BCUT2D eigenvalue weighted by Crippen LogP contribution is 2.37. The monoisotopic (exact) mass is 374 g/mol. The number of amides is 1. The minimum Gasteiger partial charge on any atom is -0.393 e. The predicted octanol–water partition coefficient (Wildman–Crippen LogP) is 1.66. The van der Waals surface area contributed by atoms with E-state index >= 15 is 0 Å². The Bertz CT molecular complexity index is 860. The summed E-state index contributed by atoms with van der Waals surface area (Å²) in [4.78, 5) is 17.1. The molecule has 6 nitrogen and oxygen atoms in total. The second-order valence-corrected chi connectivity index (χ2v) is 8.79. The van der Waals surface area contributed by atoms with Gasteiger partial charge in [0.1, 0.15) is 0 Å². The van der Waals surface area contributed by atoms with Gasteiger partial charge in [-0.3, -0.25) is 9.78 Å². The van der Waals surface area contributed by atoms with E-state index in [0.29, 0.717) is 12.8 Å². The number of hydrogen-bond acceptors (Lipinski definition) is 5. The lowest BCUT2D eigenvalue weighted by Gasteiger charge is -2.37. The standard InChI is InChI=1S/C19H22N2O4S/c1-26(24,25)16-7-5-13(6-8-16)10-18(23)21-19(14-11-15(22)12-14)17-4-2-3-9-20-17/h2-9,14-15,19,22H,10-12H2,1H3,(H,21,23)/t14?,15?,19-/m1/s1. The first-order valence-corrected chi connectivity index (χ1v) is 10.4. The van der Waals surface area contributed by atoms with Gasteiger partial charge in [-0.15, -0.1) is 0 Å². The number of aliphatic hydroxyl groups is 1. The number of hydrogen-bond donors (Lipinski definition) is 2. The number of aromatic nitrogens is 1. The molecule has 1 fully saturated rings. The van der Waals surface area contributed by atoms with Crippen LogP contribution in [0.5, 0.6) is 0 Å². The van der Waals surface area contributed by atoms with Crippen molar-refractivity contribution in [3.05, 3.63) is 59.9 Å². The molecule has 1 atom stereocenters. The Labute approximate surface area is 153 Å². The number of aliphatic hydroxyl groups excluding tert-OH is 1. The third-order valence-electron chi connectivity index (χ3n) is 4.66. The van der Waals surface area contributed by atoms with Gasteiger partial charge >= 0.3 is 0 Å². The Morgan fingerprint density at radius 2 is 1.92 bits per heavy atom. The summed E-state index contributed by atoms with van der Waals surface area (Å²) in [6, 6.07) is 11.7. The summed E-state index contributed by atoms with van der Waals surface area (Å²) in [5.74, 6) is 0.00519. The fourth-order valence-electron chi connectivity index (χ4n) is 3.16. The first kappa shape index (κ1) is 18.5. The van der Waals surface area contributed by atoms with Gasteiger partial charge < -0.3 is 10.4 Å². The lowest BCUT2D eigenvalue weighted by Crippen LogP contribution is -2.42. The van der Waals surface area contributed by atoms with Crippen molar-refractivity contribution in [2.24, 2.45) is 5.92 Å². The summed E-state index contributed by atoms with van der Waals surface area (Å²) in [5, 5.41) is 12.6. The number of carbonyl (C=O) groups is 1. The number of sulfone groups is 1. The van der Waals surface area contributed by atoms with Crippen molar-refractivity contribution in [3.8, 4) is 0 Å². The van der Waals surface area contributed by atoms with Gasteiger partial charge in [-0.2, -0.15) is 0 Å². The topological polar surface area (TPSA) is 96.4 Å². The van der Waals surface area contributed by atoms with Crippen LogP contribution in [0, 0.1) is 5.92 Å². The molecule has 7 heteroatoms. The van der Waals surface area contributed by atoms with E-state index in [1.54, 1.807) is 18.3 Å². The molecular weight excluding hydrogens is 352 g/mol. The number of carbonyl (C=O) groups excluding carboxylic acids is 1. The predicted molar refractivity (Wildman–Crippen MR) is 97.1 cm³/mol. The normalized spacial score (nSPS) is 20.8. The molecule has 26 heavy (non-hydrogen) atoms. The van der Waals surface area contributed by atoms with E-state index in [1.807, 2.05) is 18.2 Å². The third-order valence-corrected chi connectivity index (χ3v) is 5.79. The summed E-state index contributed by atoms with van der Waals surface area (Å²) in [6.07, 6.45) is 3.97. The zero-order chi connectivity index (χ0) is 18.7. The maximum absolute atomic E-state index is 12.5. The lowest BCUT2D eigenvalue weighted by molar-refractivity contribution is -0.122. The van der Waals surface area contributed by atoms with Crippen molar-refractivity contribution < 1.29 is 18.3 Å². The largest absolute Gasteiger partial charge is 0.393 e. The average Bonchev–Trinajstić information content (AvgIpc) is 2.58. The molecule has 1 heterocycles. The van der Waals surface area contributed by atoms with Crippen molar-refractivity contribution in [2.45, 2.75) is 36.3 Å². The van der Waals surface area contributed by atoms with E-state index in [0.717, 1.165) is 17.5 Å². The van der Waals surface area contributed by atoms with Gasteiger partial charge in [0.25, 0.3) is 0 Å². The molecule has 1 aromatic heterocycles.